The Bertz CT molecular complexity index is 342. The maximum atomic E-state index is 9.51. The molecule has 4 saturated carbocycles. The Morgan fingerprint density at radius 1 is 1.05 bits per heavy atom. The van der Waals surface area contributed by atoms with Gasteiger partial charge in [0.15, 0.2) is 0 Å². The molecule has 0 amide bonds. The van der Waals surface area contributed by atoms with Crippen molar-refractivity contribution in [2.45, 2.75) is 51.4 Å². The number of hydrogen-bond acceptors (Lipinski definition) is 3. The van der Waals surface area contributed by atoms with E-state index in [0.717, 1.165) is 44.1 Å². The zero-order valence-corrected chi connectivity index (χ0v) is 14.0. The minimum absolute atomic E-state index is 0.305. The van der Waals surface area contributed by atoms with E-state index in [1.807, 2.05) is 0 Å². The van der Waals surface area contributed by atoms with Gasteiger partial charge in [-0.25, -0.2) is 0 Å². The third-order valence-electron chi connectivity index (χ3n) is 6.91. The molecule has 126 valence electrons. The first kappa shape index (κ1) is 15.4. The van der Waals surface area contributed by atoms with E-state index in [4.69, 9.17) is 4.74 Å². The molecule has 3 nitrogen and oxygen atoms in total. The Labute approximate surface area is 135 Å². The van der Waals surface area contributed by atoms with Crippen molar-refractivity contribution in [3.05, 3.63) is 0 Å². The first-order valence-electron chi connectivity index (χ1n) is 9.66. The van der Waals surface area contributed by atoms with Crippen molar-refractivity contribution in [2.24, 2.45) is 29.1 Å². The molecule has 0 aromatic carbocycles. The standard InChI is InChI=1S/C19H33NO2/c21-4-3-20(12-15-2-1-5-22-13-15)14-19-9-16-6-17(10-19)8-18(7-16)11-19/h15-18,21H,1-14H2. The molecule has 0 radical (unpaired) electrons. The van der Waals surface area contributed by atoms with Gasteiger partial charge in [-0.2, -0.15) is 0 Å². The molecule has 0 aromatic rings. The summed E-state index contributed by atoms with van der Waals surface area (Å²) >= 11 is 0. The molecule has 0 spiro atoms. The van der Waals surface area contributed by atoms with E-state index in [1.54, 1.807) is 0 Å². The highest BCUT2D eigenvalue weighted by molar-refractivity contribution is 5.02. The van der Waals surface area contributed by atoms with Gasteiger partial charge in [-0.15, -0.1) is 0 Å². The number of rotatable bonds is 6. The molecule has 1 N–H and O–H groups in total. The molecule has 4 aliphatic carbocycles. The molecule has 1 atom stereocenters. The van der Waals surface area contributed by atoms with Gasteiger partial charge in [0.1, 0.15) is 0 Å². The van der Waals surface area contributed by atoms with Gasteiger partial charge in [0.05, 0.1) is 13.2 Å². The molecule has 1 unspecified atom stereocenters. The fraction of sp³-hybridized carbons (Fsp3) is 1.00. The Balaban J connectivity index is 1.40. The molecule has 5 fully saturated rings. The molecule has 22 heavy (non-hydrogen) atoms. The van der Waals surface area contributed by atoms with Crippen LogP contribution < -0.4 is 0 Å². The van der Waals surface area contributed by atoms with Crippen LogP contribution in [-0.4, -0.2) is 49.5 Å². The van der Waals surface area contributed by atoms with Crippen molar-refractivity contribution in [1.82, 2.24) is 4.90 Å². The van der Waals surface area contributed by atoms with Crippen LogP contribution in [-0.2, 0) is 4.74 Å². The molecule has 1 aliphatic heterocycles. The van der Waals surface area contributed by atoms with Crippen LogP contribution in [0.5, 0.6) is 0 Å². The van der Waals surface area contributed by atoms with Gasteiger partial charge in [-0.3, -0.25) is 0 Å². The molecule has 0 aromatic heterocycles. The number of ether oxygens (including phenoxy) is 1. The second kappa shape index (κ2) is 6.41. The van der Waals surface area contributed by atoms with Gasteiger partial charge in [0, 0.05) is 26.2 Å². The minimum Gasteiger partial charge on any atom is -0.395 e. The van der Waals surface area contributed by atoms with Crippen LogP contribution in [0.2, 0.25) is 0 Å². The van der Waals surface area contributed by atoms with Crippen molar-refractivity contribution in [3.63, 3.8) is 0 Å². The van der Waals surface area contributed by atoms with Crippen LogP contribution in [0.25, 0.3) is 0 Å². The predicted molar refractivity (Wildman–Crippen MR) is 87.7 cm³/mol. The van der Waals surface area contributed by atoms with E-state index in [9.17, 15) is 5.11 Å². The lowest BCUT2D eigenvalue weighted by Crippen LogP contribution is -2.52. The molecule has 3 heteroatoms. The lowest BCUT2D eigenvalue weighted by Gasteiger charge is -2.58. The molecule has 1 heterocycles. The topological polar surface area (TPSA) is 32.7 Å². The third kappa shape index (κ3) is 3.22. The Kier molecular flexibility index (Phi) is 4.49. The van der Waals surface area contributed by atoms with Crippen LogP contribution in [0.3, 0.4) is 0 Å². The highest BCUT2D eigenvalue weighted by Crippen LogP contribution is 2.60. The second-order valence-corrected chi connectivity index (χ2v) is 8.96. The van der Waals surface area contributed by atoms with E-state index < -0.39 is 0 Å². The summed E-state index contributed by atoms with van der Waals surface area (Å²) < 4.78 is 5.67. The summed E-state index contributed by atoms with van der Waals surface area (Å²) in [5.74, 6) is 3.77. The second-order valence-electron chi connectivity index (χ2n) is 8.96. The molecule has 5 rings (SSSR count). The predicted octanol–water partition coefficient (Wildman–Crippen LogP) is 2.92. The van der Waals surface area contributed by atoms with E-state index in [2.05, 4.69) is 4.90 Å². The van der Waals surface area contributed by atoms with Crippen molar-refractivity contribution >= 4 is 0 Å². The van der Waals surface area contributed by atoms with E-state index in [0.29, 0.717) is 17.9 Å². The summed E-state index contributed by atoms with van der Waals surface area (Å²) in [6.45, 7) is 5.43. The van der Waals surface area contributed by atoms with Gasteiger partial charge < -0.3 is 14.7 Å². The maximum absolute atomic E-state index is 9.51. The van der Waals surface area contributed by atoms with Crippen LogP contribution in [0.1, 0.15) is 51.4 Å². The van der Waals surface area contributed by atoms with Crippen molar-refractivity contribution in [1.29, 1.82) is 0 Å². The van der Waals surface area contributed by atoms with Crippen molar-refractivity contribution in [2.75, 3.05) is 39.5 Å². The monoisotopic (exact) mass is 307 g/mol. The lowest BCUT2D eigenvalue weighted by atomic mass is 9.49. The first-order chi connectivity index (χ1) is 10.7. The lowest BCUT2D eigenvalue weighted by molar-refractivity contribution is -0.0746. The zero-order chi connectivity index (χ0) is 15.0. The smallest absolute Gasteiger partial charge is 0.0558 e. The number of hydrogen-bond donors (Lipinski definition) is 1. The molecule has 5 aliphatic rings. The Morgan fingerprint density at radius 2 is 1.73 bits per heavy atom. The third-order valence-corrected chi connectivity index (χ3v) is 6.91. The molecular formula is C19H33NO2. The summed E-state index contributed by atoms with van der Waals surface area (Å²) in [5, 5.41) is 9.51. The number of aliphatic hydroxyl groups is 1. The SMILES string of the molecule is OCCN(CC1CCCOC1)CC12CC3CC(CC(C3)C1)C2. The number of aliphatic hydroxyl groups excluding tert-OH is 1. The highest BCUT2D eigenvalue weighted by atomic mass is 16.5. The molecular weight excluding hydrogens is 274 g/mol. The number of nitrogens with zero attached hydrogens (tertiary/aromatic N) is 1. The quantitative estimate of drug-likeness (QED) is 0.819. The van der Waals surface area contributed by atoms with Gasteiger partial charge in [-0.1, -0.05) is 0 Å². The van der Waals surface area contributed by atoms with Gasteiger partial charge in [0.2, 0.25) is 0 Å². The van der Waals surface area contributed by atoms with Crippen LogP contribution in [0, 0.1) is 29.1 Å². The van der Waals surface area contributed by atoms with Gasteiger partial charge in [-0.05, 0) is 80.5 Å². The maximum Gasteiger partial charge on any atom is 0.0558 e. The summed E-state index contributed by atoms with van der Waals surface area (Å²) in [7, 11) is 0. The average molecular weight is 307 g/mol. The zero-order valence-electron chi connectivity index (χ0n) is 14.0. The van der Waals surface area contributed by atoms with Gasteiger partial charge in [0.25, 0.3) is 0 Å². The van der Waals surface area contributed by atoms with Crippen molar-refractivity contribution < 1.29 is 9.84 Å². The molecule has 1 saturated heterocycles. The Hall–Kier alpha value is -0.120. The average Bonchev–Trinajstić information content (AvgIpc) is 2.46. The molecule has 4 bridgehead atoms. The van der Waals surface area contributed by atoms with Crippen LogP contribution >= 0.6 is 0 Å². The van der Waals surface area contributed by atoms with Crippen molar-refractivity contribution in [3.8, 4) is 0 Å². The van der Waals surface area contributed by atoms with Gasteiger partial charge >= 0.3 is 0 Å². The Morgan fingerprint density at radius 3 is 2.27 bits per heavy atom. The van der Waals surface area contributed by atoms with E-state index in [-0.39, 0.29) is 0 Å². The summed E-state index contributed by atoms with van der Waals surface area (Å²) in [6, 6.07) is 0. The largest absolute Gasteiger partial charge is 0.395 e. The summed E-state index contributed by atoms with van der Waals surface area (Å²) in [5.41, 5.74) is 0.597. The fourth-order valence-corrected chi connectivity index (χ4v) is 6.65. The first-order valence-corrected chi connectivity index (χ1v) is 9.66. The minimum atomic E-state index is 0.305. The highest BCUT2D eigenvalue weighted by Gasteiger charge is 2.51. The van der Waals surface area contributed by atoms with E-state index in [1.165, 1.54) is 57.9 Å². The van der Waals surface area contributed by atoms with Crippen LogP contribution in [0.4, 0.5) is 0 Å². The van der Waals surface area contributed by atoms with Crippen LogP contribution in [0.15, 0.2) is 0 Å². The van der Waals surface area contributed by atoms with E-state index >= 15 is 0 Å². The normalized spacial score (nSPS) is 43.9. The summed E-state index contributed by atoms with van der Waals surface area (Å²) in [6.07, 6.45) is 11.5. The summed E-state index contributed by atoms with van der Waals surface area (Å²) in [4.78, 5) is 2.59. The fourth-order valence-electron chi connectivity index (χ4n) is 6.65.